The van der Waals surface area contributed by atoms with Crippen LogP contribution in [-0.2, 0) is 0 Å². The first-order valence-corrected chi connectivity index (χ1v) is 8.06. The number of nitrogens with zero attached hydrogens (tertiary/aromatic N) is 4. The summed E-state index contributed by atoms with van der Waals surface area (Å²) in [6.45, 7) is 2.09. The van der Waals surface area contributed by atoms with Gasteiger partial charge in [-0.1, -0.05) is 29.8 Å². The molecule has 0 bridgehead atoms. The molecule has 6 heteroatoms. The molecule has 1 aliphatic rings. The van der Waals surface area contributed by atoms with E-state index in [4.69, 9.17) is 5.73 Å². The van der Waals surface area contributed by atoms with Crippen molar-refractivity contribution in [1.82, 2.24) is 14.4 Å². The van der Waals surface area contributed by atoms with Crippen LogP contribution in [0.2, 0.25) is 0 Å². The SMILES string of the molecule is Cc1cccc(-c2cnc3nc(C4=N[C@H](N)CS4)cn3c2)c1. The first-order chi connectivity index (χ1) is 10.7. The molecule has 1 aromatic carbocycles. The van der Waals surface area contributed by atoms with Crippen LogP contribution in [0.4, 0.5) is 0 Å². The fraction of sp³-hybridized carbons (Fsp3) is 0.188. The van der Waals surface area contributed by atoms with Crippen molar-refractivity contribution >= 4 is 22.6 Å². The number of aromatic nitrogens is 3. The number of fused-ring (bicyclic) bond motifs is 1. The highest BCUT2D eigenvalue weighted by atomic mass is 32.2. The van der Waals surface area contributed by atoms with Gasteiger partial charge in [-0.05, 0) is 12.5 Å². The summed E-state index contributed by atoms with van der Waals surface area (Å²) in [5.74, 6) is 1.49. The minimum absolute atomic E-state index is 0.124. The van der Waals surface area contributed by atoms with E-state index in [-0.39, 0.29) is 6.17 Å². The van der Waals surface area contributed by atoms with Crippen molar-refractivity contribution in [3.63, 3.8) is 0 Å². The zero-order valence-corrected chi connectivity index (χ0v) is 12.9. The lowest BCUT2D eigenvalue weighted by Crippen LogP contribution is -2.15. The number of aliphatic imine (C=N–C) groups is 1. The highest BCUT2D eigenvalue weighted by Crippen LogP contribution is 2.23. The molecule has 0 spiro atoms. The monoisotopic (exact) mass is 309 g/mol. The minimum atomic E-state index is -0.124. The zero-order valence-electron chi connectivity index (χ0n) is 12.1. The molecule has 0 aliphatic carbocycles. The molecule has 2 N–H and O–H groups in total. The second kappa shape index (κ2) is 5.23. The number of benzene rings is 1. The van der Waals surface area contributed by atoms with Gasteiger partial charge in [0.2, 0.25) is 5.78 Å². The first kappa shape index (κ1) is 13.5. The number of hydrogen-bond donors (Lipinski definition) is 1. The highest BCUT2D eigenvalue weighted by Gasteiger charge is 2.18. The summed E-state index contributed by atoms with van der Waals surface area (Å²) >= 11 is 1.64. The van der Waals surface area contributed by atoms with E-state index in [9.17, 15) is 0 Å². The third-order valence-electron chi connectivity index (χ3n) is 3.55. The molecule has 0 radical (unpaired) electrons. The van der Waals surface area contributed by atoms with Gasteiger partial charge in [-0.15, -0.1) is 11.8 Å². The fourth-order valence-electron chi connectivity index (χ4n) is 2.49. The smallest absolute Gasteiger partial charge is 0.234 e. The van der Waals surface area contributed by atoms with E-state index in [2.05, 4.69) is 46.1 Å². The third kappa shape index (κ3) is 2.40. The van der Waals surface area contributed by atoms with Crippen LogP contribution >= 0.6 is 11.8 Å². The highest BCUT2D eigenvalue weighted by molar-refractivity contribution is 8.14. The average molecular weight is 309 g/mol. The maximum absolute atomic E-state index is 5.81. The summed E-state index contributed by atoms with van der Waals surface area (Å²) in [6, 6.07) is 8.38. The Bertz CT molecular complexity index is 883. The summed E-state index contributed by atoms with van der Waals surface area (Å²) < 4.78 is 1.94. The van der Waals surface area contributed by atoms with E-state index < -0.39 is 0 Å². The fourth-order valence-corrected chi connectivity index (χ4v) is 3.35. The van der Waals surface area contributed by atoms with Crippen molar-refractivity contribution in [2.75, 3.05) is 5.75 Å². The van der Waals surface area contributed by atoms with Crippen molar-refractivity contribution < 1.29 is 0 Å². The van der Waals surface area contributed by atoms with E-state index in [0.29, 0.717) is 5.78 Å². The van der Waals surface area contributed by atoms with Crippen LogP contribution < -0.4 is 5.73 Å². The van der Waals surface area contributed by atoms with Crippen LogP contribution in [0.5, 0.6) is 0 Å². The van der Waals surface area contributed by atoms with Gasteiger partial charge < -0.3 is 5.73 Å². The van der Waals surface area contributed by atoms with E-state index >= 15 is 0 Å². The summed E-state index contributed by atoms with van der Waals surface area (Å²) in [5.41, 5.74) is 10.1. The van der Waals surface area contributed by atoms with E-state index in [1.54, 1.807) is 11.8 Å². The minimum Gasteiger partial charge on any atom is -0.309 e. The van der Waals surface area contributed by atoms with Crippen LogP contribution in [0, 0.1) is 6.92 Å². The van der Waals surface area contributed by atoms with Gasteiger partial charge in [0.05, 0.1) is 0 Å². The van der Waals surface area contributed by atoms with Crippen LogP contribution in [0.15, 0.2) is 47.8 Å². The molecule has 2 aromatic heterocycles. The number of thioether (sulfide) groups is 1. The van der Waals surface area contributed by atoms with Crippen LogP contribution in [-0.4, -0.2) is 31.3 Å². The molecule has 4 rings (SSSR count). The van der Waals surface area contributed by atoms with Gasteiger partial charge in [0.25, 0.3) is 0 Å². The van der Waals surface area contributed by atoms with Gasteiger partial charge in [-0.3, -0.25) is 9.39 Å². The lowest BCUT2D eigenvalue weighted by molar-refractivity contribution is 0.819. The van der Waals surface area contributed by atoms with Gasteiger partial charge in [0.1, 0.15) is 16.9 Å². The standard InChI is InChI=1S/C16H15N5S/c1-10-3-2-4-11(5-10)12-6-18-16-19-13(8-21(16)7-12)15-20-14(17)9-22-15/h2-8,14H,9,17H2,1H3/t14-/m0/s1. The molecular weight excluding hydrogens is 294 g/mol. The topological polar surface area (TPSA) is 68.6 Å². The molecule has 1 aliphatic heterocycles. The Kier molecular flexibility index (Phi) is 3.20. The maximum atomic E-state index is 5.81. The van der Waals surface area contributed by atoms with Gasteiger partial charge in [0, 0.05) is 29.9 Å². The molecule has 3 aromatic rings. The predicted molar refractivity (Wildman–Crippen MR) is 90.1 cm³/mol. The summed E-state index contributed by atoms with van der Waals surface area (Å²) in [4.78, 5) is 13.4. The van der Waals surface area contributed by atoms with Gasteiger partial charge in [-0.2, -0.15) is 0 Å². The Morgan fingerprint density at radius 2 is 2.18 bits per heavy atom. The molecule has 1 atom stereocenters. The number of rotatable bonds is 2. The second-order valence-corrected chi connectivity index (χ2v) is 6.37. The van der Waals surface area contributed by atoms with Crippen molar-refractivity contribution in [1.29, 1.82) is 0 Å². The molecule has 0 fully saturated rings. The molecule has 0 saturated carbocycles. The quantitative estimate of drug-likeness (QED) is 0.789. The number of nitrogens with two attached hydrogens (primary N) is 1. The first-order valence-electron chi connectivity index (χ1n) is 7.07. The Balaban J connectivity index is 1.77. The summed E-state index contributed by atoms with van der Waals surface area (Å²) in [5, 5.41) is 0.898. The molecule has 3 heterocycles. The van der Waals surface area contributed by atoms with Gasteiger partial charge in [0.15, 0.2) is 0 Å². The van der Waals surface area contributed by atoms with Crippen molar-refractivity contribution in [3.8, 4) is 11.1 Å². The molecule has 0 amide bonds. The molecular formula is C16H15N5S. The van der Waals surface area contributed by atoms with Gasteiger partial charge >= 0.3 is 0 Å². The lowest BCUT2D eigenvalue weighted by atomic mass is 10.1. The van der Waals surface area contributed by atoms with Crippen LogP contribution in [0.1, 0.15) is 11.3 Å². The normalized spacial score (nSPS) is 17.9. The van der Waals surface area contributed by atoms with Crippen molar-refractivity contribution in [2.24, 2.45) is 10.7 Å². The van der Waals surface area contributed by atoms with Crippen LogP contribution in [0.25, 0.3) is 16.9 Å². The summed E-state index contributed by atoms with van der Waals surface area (Å²) in [7, 11) is 0. The molecule has 22 heavy (non-hydrogen) atoms. The Morgan fingerprint density at radius 1 is 1.27 bits per heavy atom. The maximum Gasteiger partial charge on any atom is 0.234 e. The zero-order chi connectivity index (χ0) is 15.1. The Morgan fingerprint density at radius 3 is 2.95 bits per heavy atom. The number of imidazole rings is 1. The molecule has 0 saturated heterocycles. The number of aryl methyl sites for hydroxylation is 1. The molecule has 0 unspecified atom stereocenters. The van der Waals surface area contributed by atoms with E-state index in [1.165, 1.54) is 5.56 Å². The Labute approximate surface area is 132 Å². The van der Waals surface area contributed by atoms with Gasteiger partial charge in [-0.25, -0.2) is 9.97 Å². The Hall–Kier alpha value is -2.18. The summed E-state index contributed by atoms with van der Waals surface area (Å²) in [6.07, 6.45) is 5.75. The van der Waals surface area contributed by atoms with Crippen LogP contribution in [0.3, 0.4) is 0 Å². The predicted octanol–water partition coefficient (Wildman–Crippen LogP) is 2.48. The lowest BCUT2D eigenvalue weighted by Gasteiger charge is -2.02. The van der Waals surface area contributed by atoms with Crippen molar-refractivity contribution in [3.05, 3.63) is 54.1 Å². The van der Waals surface area contributed by atoms with E-state index in [0.717, 1.165) is 27.6 Å². The third-order valence-corrected chi connectivity index (χ3v) is 4.65. The largest absolute Gasteiger partial charge is 0.309 e. The molecule has 5 nitrogen and oxygen atoms in total. The van der Waals surface area contributed by atoms with Crippen molar-refractivity contribution in [2.45, 2.75) is 13.1 Å². The van der Waals surface area contributed by atoms with E-state index in [1.807, 2.05) is 23.0 Å². The molecule has 110 valence electrons. The number of hydrogen-bond acceptors (Lipinski definition) is 5. The average Bonchev–Trinajstić information content (AvgIpc) is 3.12. The second-order valence-electron chi connectivity index (χ2n) is 5.36.